The number of nitrogens with one attached hydrogen (secondary N) is 2. The van der Waals surface area contributed by atoms with E-state index >= 15 is 0 Å². The molecule has 0 unspecified atom stereocenters. The third-order valence-corrected chi connectivity index (χ3v) is 4.32. The topological polar surface area (TPSA) is 84.6 Å². The first-order chi connectivity index (χ1) is 13.1. The molecule has 0 saturated heterocycles. The Balaban J connectivity index is 0.00000280. The molecule has 8 heteroatoms. The normalized spacial score (nSPS) is 13.9. The van der Waals surface area contributed by atoms with E-state index < -0.39 is 0 Å². The first-order valence-electron chi connectivity index (χ1n) is 9.69. The molecule has 3 rings (SSSR count). The highest BCUT2D eigenvalue weighted by Crippen LogP contribution is 2.29. The lowest BCUT2D eigenvalue weighted by Gasteiger charge is -2.10. The Morgan fingerprint density at radius 2 is 2.14 bits per heavy atom. The number of pyridine rings is 1. The van der Waals surface area contributed by atoms with Gasteiger partial charge in [-0.25, -0.2) is 9.98 Å². The molecular weight excluding hydrogens is 469 g/mol. The second-order valence-electron chi connectivity index (χ2n) is 7.18. The summed E-state index contributed by atoms with van der Waals surface area (Å²) in [4.78, 5) is 8.97. The zero-order valence-corrected chi connectivity index (χ0v) is 19.1. The predicted octanol–water partition coefficient (Wildman–Crippen LogP) is 3.86. The molecule has 0 aliphatic heterocycles. The van der Waals surface area contributed by atoms with Gasteiger partial charge in [0.15, 0.2) is 11.7 Å². The molecule has 1 fully saturated rings. The molecule has 1 saturated carbocycles. The Morgan fingerprint density at radius 1 is 1.32 bits per heavy atom. The highest BCUT2D eigenvalue weighted by Gasteiger charge is 2.22. The monoisotopic (exact) mass is 499 g/mol. The van der Waals surface area contributed by atoms with Crippen LogP contribution in [0.2, 0.25) is 0 Å². The van der Waals surface area contributed by atoms with Gasteiger partial charge in [-0.3, -0.25) is 0 Å². The van der Waals surface area contributed by atoms with Crippen molar-refractivity contribution in [2.45, 2.75) is 52.6 Å². The molecule has 28 heavy (non-hydrogen) atoms. The molecule has 0 radical (unpaired) electrons. The third kappa shape index (κ3) is 7.29. The Hall–Kier alpha value is -1.84. The largest absolute Gasteiger partial charge is 0.477 e. The summed E-state index contributed by atoms with van der Waals surface area (Å²) in [5.41, 5.74) is 2.00. The van der Waals surface area contributed by atoms with Gasteiger partial charge in [0.2, 0.25) is 5.88 Å². The van der Waals surface area contributed by atoms with Crippen molar-refractivity contribution in [1.29, 1.82) is 0 Å². The van der Waals surface area contributed by atoms with E-state index in [4.69, 9.17) is 9.26 Å². The smallest absolute Gasteiger partial charge is 0.213 e. The lowest BCUT2D eigenvalue weighted by atomic mass is 10.1. The summed E-state index contributed by atoms with van der Waals surface area (Å²) in [6.45, 7) is 8.87. The maximum absolute atomic E-state index is 5.67. The van der Waals surface area contributed by atoms with Gasteiger partial charge in [-0.2, -0.15) is 0 Å². The minimum Gasteiger partial charge on any atom is -0.477 e. The van der Waals surface area contributed by atoms with Crippen molar-refractivity contribution < 1.29 is 9.26 Å². The number of hydrogen-bond donors (Lipinski definition) is 2. The summed E-state index contributed by atoms with van der Waals surface area (Å²) in [6, 6.07) is 5.90. The molecule has 7 nitrogen and oxygen atoms in total. The van der Waals surface area contributed by atoms with Gasteiger partial charge in [0.05, 0.1) is 25.4 Å². The van der Waals surface area contributed by atoms with Crippen LogP contribution in [0, 0.1) is 5.92 Å². The highest BCUT2D eigenvalue weighted by atomic mass is 127. The molecule has 1 aliphatic rings. The average molecular weight is 499 g/mol. The molecule has 2 N–H and O–H groups in total. The number of nitrogens with zero attached hydrogens (tertiary/aromatic N) is 3. The number of halogens is 1. The van der Waals surface area contributed by atoms with Gasteiger partial charge < -0.3 is 19.9 Å². The second kappa shape index (κ2) is 11.2. The molecule has 1 aliphatic carbocycles. The summed E-state index contributed by atoms with van der Waals surface area (Å²) in [5, 5.41) is 10.6. The Labute approximate surface area is 183 Å². The van der Waals surface area contributed by atoms with Crippen molar-refractivity contribution in [3.8, 4) is 5.88 Å². The van der Waals surface area contributed by atoms with E-state index in [1.807, 2.05) is 31.3 Å². The Bertz CT molecular complexity index is 741. The number of guanidine groups is 1. The summed E-state index contributed by atoms with van der Waals surface area (Å²) in [6.07, 6.45) is 4.38. The van der Waals surface area contributed by atoms with Gasteiger partial charge in [0, 0.05) is 24.9 Å². The number of aliphatic imine (C=N–C) groups is 1. The molecule has 2 aromatic heterocycles. The minimum absolute atomic E-state index is 0. The summed E-state index contributed by atoms with van der Waals surface area (Å²) < 4.78 is 11.0. The van der Waals surface area contributed by atoms with Crippen molar-refractivity contribution in [1.82, 2.24) is 20.8 Å². The SMILES string of the molecule is CCNC(=NCc1ccc(OCC2CC2)nc1)NCc1cc(C(C)C)no1.I. The predicted molar refractivity (Wildman–Crippen MR) is 120 cm³/mol. The van der Waals surface area contributed by atoms with Gasteiger partial charge in [0.25, 0.3) is 0 Å². The van der Waals surface area contributed by atoms with Gasteiger partial charge >= 0.3 is 0 Å². The quantitative estimate of drug-likeness (QED) is 0.310. The molecule has 0 atom stereocenters. The molecule has 0 amide bonds. The van der Waals surface area contributed by atoms with E-state index in [9.17, 15) is 0 Å². The van der Waals surface area contributed by atoms with Crippen LogP contribution in [-0.4, -0.2) is 29.3 Å². The van der Waals surface area contributed by atoms with Crippen LogP contribution in [0.4, 0.5) is 0 Å². The molecule has 0 aromatic carbocycles. The van der Waals surface area contributed by atoms with E-state index in [1.165, 1.54) is 12.8 Å². The number of ether oxygens (including phenoxy) is 1. The van der Waals surface area contributed by atoms with Crippen LogP contribution < -0.4 is 15.4 Å². The van der Waals surface area contributed by atoms with E-state index in [0.29, 0.717) is 24.9 Å². The molecule has 154 valence electrons. The van der Waals surface area contributed by atoms with Crippen LogP contribution in [0.1, 0.15) is 56.5 Å². The lowest BCUT2D eigenvalue weighted by Crippen LogP contribution is -2.36. The zero-order chi connectivity index (χ0) is 19.1. The summed E-state index contributed by atoms with van der Waals surface area (Å²) in [5.74, 6) is 3.29. The van der Waals surface area contributed by atoms with Crippen molar-refractivity contribution in [2.24, 2.45) is 10.9 Å². The first-order valence-corrected chi connectivity index (χ1v) is 9.69. The molecule has 2 aromatic rings. The first kappa shape index (κ1) is 22.4. The number of rotatable bonds is 9. The summed E-state index contributed by atoms with van der Waals surface area (Å²) >= 11 is 0. The number of aromatic nitrogens is 2. The van der Waals surface area contributed by atoms with Gasteiger partial charge in [-0.1, -0.05) is 25.1 Å². The van der Waals surface area contributed by atoms with Gasteiger partial charge in [-0.15, -0.1) is 24.0 Å². The average Bonchev–Trinajstić information content (AvgIpc) is 3.38. The highest BCUT2D eigenvalue weighted by molar-refractivity contribution is 14.0. The molecule has 0 spiro atoms. The lowest BCUT2D eigenvalue weighted by molar-refractivity contribution is 0.288. The van der Waals surface area contributed by atoms with E-state index in [-0.39, 0.29) is 24.0 Å². The van der Waals surface area contributed by atoms with Crippen LogP contribution in [0.15, 0.2) is 33.9 Å². The Morgan fingerprint density at radius 3 is 2.75 bits per heavy atom. The zero-order valence-electron chi connectivity index (χ0n) is 16.8. The second-order valence-corrected chi connectivity index (χ2v) is 7.18. The fourth-order valence-electron chi connectivity index (χ4n) is 2.44. The maximum atomic E-state index is 5.67. The number of hydrogen-bond acceptors (Lipinski definition) is 5. The van der Waals surface area contributed by atoms with E-state index in [2.05, 4.69) is 39.6 Å². The molecular formula is C20H30IN5O2. The maximum Gasteiger partial charge on any atom is 0.213 e. The molecule has 2 heterocycles. The third-order valence-electron chi connectivity index (χ3n) is 4.32. The van der Waals surface area contributed by atoms with Crippen LogP contribution >= 0.6 is 24.0 Å². The Kier molecular flexibility index (Phi) is 9.01. The van der Waals surface area contributed by atoms with Crippen molar-refractivity contribution in [3.05, 3.63) is 41.4 Å². The standard InChI is InChI=1S/C20H29N5O2.HI/c1-4-21-20(24-12-17-9-18(14(2)3)25-27-17)23-11-16-7-8-19(22-10-16)26-13-15-5-6-15;/h7-10,14-15H,4-6,11-13H2,1-3H3,(H2,21,23,24);1H. The fraction of sp³-hybridized carbons (Fsp3) is 0.550. The van der Waals surface area contributed by atoms with Crippen LogP contribution in [-0.2, 0) is 13.1 Å². The van der Waals surface area contributed by atoms with E-state index in [1.54, 1.807) is 0 Å². The summed E-state index contributed by atoms with van der Waals surface area (Å²) in [7, 11) is 0. The van der Waals surface area contributed by atoms with Crippen molar-refractivity contribution in [2.75, 3.05) is 13.2 Å². The van der Waals surface area contributed by atoms with Crippen molar-refractivity contribution >= 4 is 29.9 Å². The fourth-order valence-corrected chi connectivity index (χ4v) is 2.44. The van der Waals surface area contributed by atoms with Crippen LogP contribution in [0.3, 0.4) is 0 Å². The van der Waals surface area contributed by atoms with Gasteiger partial charge in [0.1, 0.15) is 0 Å². The van der Waals surface area contributed by atoms with Crippen LogP contribution in [0.25, 0.3) is 0 Å². The van der Waals surface area contributed by atoms with Crippen molar-refractivity contribution in [3.63, 3.8) is 0 Å². The van der Waals surface area contributed by atoms with Crippen LogP contribution in [0.5, 0.6) is 5.88 Å². The van der Waals surface area contributed by atoms with Gasteiger partial charge in [-0.05, 0) is 37.2 Å². The molecule has 0 bridgehead atoms. The van der Waals surface area contributed by atoms with E-state index in [0.717, 1.165) is 42.0 Å². The minimum atomic E-state index is 0.